The quantitative estimate of drug-likeness (QED) is 0.841. The minimum atomic E-state index is -0.340. The zero-order valence-corrected chi connectivity index (χ0v) is 11.6. The molecule has 100 valence electrons. The highest BCUT2D eigenvalue weighted by atomic mass is 35.5. The van der Waals surface area contributed by atoms with Gasteiger partial charge in [-0.15, -0.1) is 0 Å². The number of rotatable bonds is 3. The molecule has 1 aromatic rings. The van der Waals surface area contributed by atoms with Crippen LogP contribution in [-0.2, 0) is 6.42 Å². The minimum absolute atomic E-state index is 0.0709. The molecular formula is C15H21ClO2. The number of benzene rings is 1. The first-order valence-corrected chi connectivity index (χ1v) is 7.21. The summed E-state index contributed by atoms with van der Waals surface area (Å²) in [7, 11) is 0. The van der Waals surface area contributed by atoms with Crippen LogP contribution in [0, 0.1) is 0 Å². The molecule has 18 heavy (non-hydrogen) atoms. The lowest BCUT2D eigenvalue weighted by Crippen LogP contribution is -2.30. The molecule has 1 fully saturated rings. The van der Waals surface area contributed by atoms with Gasteiger partial charge in [0.25, 0.3) is 0 Å². The second-order valence-electron chi connectivity index (χ2n) is 4.97. The maximum absolute atomic E-state index is 10.0. The molecule has 0 bridgehead atoms. The Morgan fingerprint density at radius 2 is 2.06 bits per heavy atom. The van der Waals surface area contributed by atoms with Crippen molar-refractivity contribution in [1.29, 1.82) is 0 Å². The normalized spacial score (nSPS) is 24.6. The Morgan fingerprint density at radius 1 is 1.28 bits per heavy atom. The van der Waals surface area contributed by atoms with Gasteiger partial charge in [0.2, 0.25) is 0 Å². The summed E-state index contributed by atoms with van der Waals surface area (Å²) in [6.45, 7) is 2.07. The molecule has 1 aliphatic carbocycles. The van der Waals surface area contributed by atoms with Crippen molar-refractivity contribution in [2.45, 2.75) is 57.7 Å². The number of halogens is 1. The average molecular weight is 269 g/mol. The molecule has 1 aromatic carbocycles. The van der Waals surface area contributed by atoms with E-state index in [2.05, 4.69) is 6.92 Å². The van der Waals surface area contributed by atoms with Crippen LogP contribution in [0.1, 0.15) is 44.6 Å². The van der Waals surface area contributed by atoms with E-state index in [9.17, 15) is 5.11 Å². The molecule has 0 spiro atoms. The fourth-order valence-electron chi connectivity index (χ4n) is 2.46. The molecule has 2 rings (SSSR count). The van der Waals surface area contributed by atoms with E-state index in [0.29, 0.717) is 0 Å². The molecule has 1 N–H and O–H groups in total. The van der Waals surface area contributed by atoms with E-state index in [4.69, 9.17) is 16.3 Å². The Balaban J connectivity index is 2.07. The highest BCUT2D eigenvalue weighted by molar-refractivity contribution is 6.31. The minimum Gasteiger partial charge on any atom is -0.488 e. The summed E-state index contributed by atoms with van der Waals surface area (Å²) in [6, 6.07) is 5.75. The zero-order chi connectivity index (χ0) is 13.0. The molecule has 2 atom stereocenters. The average Bonchev–Trinajstić information content (AvgIpc) is 2.57. The molecular weight excluding hydrogens is 248 g/mol. The molecule has 0 saturated heterocycles. The van der Waals surface area contributed by atoms with Crippen LogP contribution in [0.25, 0.3) is 0 Å². The van der Waals surface area contributed by atoms with Gasteiger partial charge in [-0.2, -0.15) is 0 Å². The van der Waals surface area contributed by atoms with Gasteiger partial charge >= 0.3 is 0 Å². The maximum Gasteiger partial charge on any atom is 0.124 e. The van der Waals surface area contributed by atoms with E-state index >= 15 is 0 Å². The largest absolute Gasteiger partial charge is 0.488 e. The molecule has 0 amide bonds. The van der Waals surface area contributed by atoms with Crippen molar-refractivity contribution >= 4 is 11.6 Å². The monoisotopic (exact) mass is 268 g/mol. The lowest BCUT2D eigenvalue weighted by atomic mass is 10.1. The van der Waals surface area contributed by atoms with Crippen molar-refractivity contribution in [2.24, 2.45) is 0 Å². The Kier molecular flexibility index (Phi) is 4.90. The fourth-order valence-corrected chi connectivity index (χ4v) is 2.71. The number of aryl methyl sites for hydroxylation is 1. The predicted molar refractivity (Wildman–Crippen MR) is 74.3 cm³/mol. The van der Waals surface area contributed by atoms with Gasteiger partial charge in [0.15, 0.2) is 0 Å². The summed E-state index contributed by atoms with van der Waals surface area (Å²) in [5.41, 5.74) is 1.09. The summed E-state index contributed by atoms with van der Waals surface area (Å²) < 4.78 is 5.94. The summed E-state index contributed by atoms with van der Waals surface area (Å²) in [5.74, 6) is 0.821. The molecule has 2 nitrogen and oxygen atoms in total. The van der Waals surface area contributed by atoms with Gasteiger partial charge < -0.3 is 9.84 Å². The third kappa shape index (κ3) is 3.39. The number of ether oxygens (including phenoxy) is 1. The third-order valence-electron chi connectivity index (χ3n) is 3.60. The summed E-state index contributed by atoms with van der Waals surface area (Å²) in [4.78, 5) is 0. The molecule has 0 aromatic heterocycles. The van der Waals surface area contributed by atoms with E-state index in [-0.39, 0.29) is 12.2 Å². The Morgan fingerprint density at radius 3 is 2.83 bits per heavy atom. The maximum atomic E-state index is 10.0. The first kappa shape index (κ1) is 13.7. The highest BCUT2D eigenvalue weighted by Crippen LogP contribution is 2.27. The zero-order valence-electron chi connectivity index (χ0n) is 10.9. The lowest BCUT2D eigenvalue weighted by Gasteiger charge is -2.22. The van der Waals surface area contributed by atoms with Crippen LogP contribution in [0.5, 0.6) is 5.75 Å². The SMILES string of the molecule is CCc1cc(OC2CCCCCC2O)ccc1Cl. The van der Waals surface area contributed by atoms with Crippen LogP contribution in [0.4, 0.5) is 0 Å². The number of hydrogen-bond donors (Lipinski definition) is 1. The van der Waals surface area contributed by atoms with Gasteiger partial charge in [0, 0.05) is 5.02 Å². The van der Waals surface area contributed by atoms with Gasteiger partial charge in [0.1, 0.15) is 11.9 Å². The van der Waals surface area contributed by atoms with E-state index < -0.39 is 0 Å². The highest BCUT2D eigenvalue weighted by Gasteiger charge is 2.23. The smallest absolute Gasteiger partial charge is 0.124 e. The van der Waals surface area contributed by atoms with Crippen molar-refractivity contribution in [3.05, 3.63) is 28.8 Å². The van der Waals surface area contributed by atoms with Crippen molar-refractivity contribution in [1.82, 2.24) is 0 Å². The molecule has 3 heteroatoms. The summed E-state index contributed by atoms with van der Waals surface area (Å²) >= 11 is 6.09. The van der Waals surface area contributed by atoms with Crippen molar-refractivity contribution < 1.29 is 9.84 Å². The van der Waals surface area contributed by atoms with Crippen LogP contribution in [0.15, 0.2) is 18.2 Å². The molecule has 0 radical (unpaired) electrons. The van der Waals surface area contributed by atoms with E-state index in [1.54, 1.807) is 0 Å². The second kappa shape index (κ2) is 6.44. The summed E-state index contributed by atoms with van der Waals surface area (Å²) in [5, 5.41) is 10.8. The van der Waals surface area contributed by atoms with Gasteiger partial charge in [-0.1, -0.05) is 31.4 Å². The number of aliphatic hydroxyl groups is 1. The predicted octanol–water partition coefficient (Wildman–Crippen LogP) is 3.97. The second-order valence-corrected chi connectivity index (χ2v) is 5.38. The van der Waals surface area contributed by atoms with E-state index in [1.165, 1.54) is 6.42 Å². The standard InChI is InChI=1S/C15H21ClO2/c1-2-11-10-12(8-9-13(11)16)18-15-7-5-3-4-6-14(15)17/h8-10,14-15,17H,2-7H2,1H3. The van der Waals surface area contributed by atoms with Crippen LogP contribution < -0.4 is 4.74 Å². The van der Waals surface area contributed by atoms with Crippen molar-refractivity contribution in [3.63, 3.8) is 0 Å². The molecule has 1 saturated carbocycles. The van der Waals surface area contributed by atoms with Gasteiger partial charge in [0.05, 0.1) is 6.10 Å². The number of hydrogen-bond acceptors (Lipinski definition) is 2. The molecule has 0 heterocycles. The topological polar surface area (TPSA) is 29.5 Å². The first-order valence-electron chi connectivity index (χ1n) is 6.84. The van der Waals surface area contributed by atoms with Gasteiger partial charge in [-0.05, 0) is 49.4 Å². The molecule has 2 unspecified atom stereocenters. The van der Waals surface area contributed by atoms with Gasteiger partial charge in [-0.25, -0.2) is 0 Å². The lowest BCUT2D eigenvalue weighted by molar-refractivity contribution is 0.0319. The van der Waals surface area contributed by atoms with Crippen molar-refractivity contribution in [2.75, 3.05) is 0 Å². The molecule has 0 aliphatic heterocycles. The Labute approximate surface area is 114 Å². The fraction of sp³-hybridized carbons (Fsp3) is 0.600. The van der Waals surface area contributed by atoms with Crippen LogP contribution in [0.3, 0.4) is 0 Å². The van der Waals surface area contributed by atoms with Crippen LogP contribution in [-0.4, -0.2) is 17.3 Å². The van der Waals surface area contributed by atoms with Crippen molar-refractivity contribution in [3.8, 4) is 5.75 Å². The Hall–Kier alpha value is -0.730. The van der Waals surface area contributed by atoms with E-state index in [0.717, 1.165) is 48.4 Å². The Bertz CT molecular complexity index is 392. The van der Waals surface area contributed by atoms with Crippen LogP contribution in [0.2, 0.25) is 5.02 Å². The van der Waals surface area contributed by atoms with Crippen LogP contribution >= 0.6 is 11.6 Å². The molecule has 1 aliphatic rings. The first-order chi connectivity index (χ1) is 8.70. The third-order valence-corrected chi connectivity index (χ3v) is 3.97. The van der Waals surface area contributed by atoms with E-state index in [1.807, 2.05) is 18.2 Å². The van der Waals surface area contributed by atoms with Gasteiger partial charge in [-0.3, -0.25) is 0 Å². The number of aliphatic hydroxyl groups excluding tert-OH is 1. The summed E-state index contributed by atoms with van der Waals surface area (Å²) in [6.07, 6.45) is 5.69.